The van der Waals surface area contributed by atoms with E-state index in [1.807, 2.05) is 0 Å². The summed E-state index contributed by atoms with van der Waals surface area (Å²) in [6.07, 6.45) is 0. The number of thiophene rings is 2. The molecule has 64 heavy (non-hydrogen) atoms. The molecule has 0 N–H and O–H groups in total. The third-order valence-electron chi connectivity index (χ3n) is 15.8. The van der Waals surface area contributed by atoms with E-state index >= 15 is 4.79 Å². The number of hydrogen-bond donors (Lipinski definition) is 0. The summed E-state index contributed by atoms with van der Waals surface area (Å²) in [6, 6.07) is 58.9. The molecular weight excluding hydrogens is 814 g/mol. The third-order valence-corrected chi connectivity index (χ3v) is 18.1. The van der Waals surface area contributed by atoms with Gasteiger partial charge in [0.15, 0.2) is 0 Å². The van der Waals surface area contributed by atoms with Crippen LogP contribution in [-0.2, 0) is 10.8 Å². The molecule has 300 valence electrons. The molecule has 3 nitrogen and oxygen atoms in total. The van der Waals surface area contributed by atoms with Gasteiger partial charge in [0.1, 0.15) is 10.0 Å². The van der Waals surface area contributed by atoms with Crippen LogP contribution in [0.15, 0.2) is 158 Å². The molecule has 0 fully saturated rings. The minimum absolute atomic E-state index is 0.000696. The van der Waals surface area contributed by atoms with Gasteiger partial charge < -0.3 is 0 Å². The number of rotatable bonds is 2. The highest BCUT2D eigenvalue weighted by Crippen LogP contribution is 2.54. The highest BCUT2D eigenvalue weighted by molar-refractivity contribution is 7.28. The maximum atomic E-state index is 16.3. The monoisotopic (exact) mass is 852 g/mol. The van der Waals surface area contributed by atoms with Gasteiger partial charge in [0.05, 0.1) is 11.4 Å². The van der Waals surface area contributed by atoms with Gasteiger partial charge in [-0.05, 0) is 94.7 Å². The number of fused-ring (bicyclic) bond motifs is 14. The Morgan fingerprint density at radius 1 is 0.438 bits per heavy atom. The van der Waals surface area contributed by atoms with Crippen molar-refractivity contribution >= 4 is 127 Å². The van der Waals surface area contributed by atoms with Crippen LogP contribution < -0.4 is 42.6 Å². The Balaban J connectivity index is 1.08. The van der Waals surface area contributed by atoms with Crippen molar-refractivity contribution in [1.82, 2.24) is 0 Å². The quantitative estimate of drug-likeness (QED) is 0.159. The van der Waals surface area contributed by atoms with Crippen molar-refractivity contribution < 1.29 is 4.79 Å². The number of benzene rings is 8. The minimum Gasteiger partial charge on any atom is -0.253 e. The molecule has 0 unspecified atom stereocenters. The van der Waals surface area contributed by atoms with Gasteiger partial charge in [-0.15, -0.1) is 22.7 Å². The van der Waals surface area contributed by atoms with Crippen LogP contribution in [0.3, 0.4) is 0 Å². The van der Waals surface area contributed by atoms with E-state index < -0.39 is 0 Å². The van der Waals surface area contributed by atoms with Gasteiger partial charge in [-0.1, -0.05) is 184 Å². The maximum absolute atomic E-state index is 16.3. The number of carbonyl (C=O) groups is 1. The summed E-state index contributed by atoms with van der Waals surface area (Å²) in [5, 5.41) is 6.81. The van der Waals surface area contributed by atoms with Crippen LogP contribution in [0, 0.1) is 0 Å². The van der Waals surface area contributed by atoms with E-state index in [9.17, 15) is 0 Å². The zero-order chi connectivity index (χ0) is 42.5. The third kappa shape index (κ3) is 4.11. The Labute approximate surface area is 380 Å². The minimum atomic E-state index is -0.139. The largest absolute Gasteiger partial charge is 0.339 e. The molecule has 0 saturated carbocycles. The summed E-state index contributed by atoms with van der Waals surface area (Å²) in [5.41, 5.74) is 20.0. The van der Waals surface area contributed by atoms with Crippen molar-refractivity contribution in [2.24, 2.45) is 0 Å². The van der Waals surface area contributed by atoms with Gasteiger partial charge >= 0.3 is 6.03 Å². The van der Waals surface area contributed by atoms with Gasteiger partial charge in [0.25, 0.3) is 0 Å². The Morgan fingerprint density at radius 3 is 1.34 bits per heavy atom. The number of anilines is 4. The Hall–Kier alpha value is -6.66. The Morgan fingerprint density at radius 2 is 0.859 bits per heavy atom. The van der Waals surface area contributed by atoms with Crippen molar-refractivity contribution in [2.45, 2.75) is 38.5 Å². The van der Waals surface area contributed by atoms with Gasteiger partial charge in [-0.3, -0.25) is 9.80 Å². The Kier molecular flexibility index (Phi) is 6.66. The van der Waals surface area contributed by atoms with Crippen molar-refractivity contribution in [3.05, 3.63) is 180 Å². The predicted molar refractivity (Wildman–Crippen MR) is 275 cm³/mol. The molecule has 0 spiro atoms. The number of urea groups is 1. The normalized spacial score (nSPS) is 16.3. The predicted octanol–water partition coefficient (Wildman–Crippen LogP) is 11.0. The number of nitrogens with zero attached hydrogens (tertiary/aromatic N) is 2. The summed E-state index contributed by atoms with van der Waals surface area (Å²) >= 11 is 3.52. The van der Waals surface area contributed by atoms with Crippen LogP contribution >= 0.6 is 22.7 Å². The van der Waals surface area contributed by atoms with Crippen molar-refractivity contribution in [2.75, 3.05) is 9.80 Å². The fourth-order valence-electron chi connectivity index (χ4n) is 13.0. The van der Waals surface area contributed by atoms with Gasteiger partial charge in [-0.25, -0.2) is 4.79 Å². The fourth-order valence-corrected chi connectivity index (χ4v) is 15.5. The number of amides is 2. The summed E-state index contributed by atoms with van der Waals surface area (Å²) in [4.78, 5) is 20.5. The molecule has 7 heteroatoms. The molecule has 0 atom stereocenters. The Bertz CT molecular complexity index is 3580. The molecule has 3 aliphatic heterocycles. The lowest BCUT2D eigenvalue weighted by Gasteiger charge is -2.45. The highest BCUT2D eigenvalue weighted by Gasteiger charge is 2.52. The van der Waals surface area contributed by atoms with Crippen molar-refractivity contribution in [3.63, 3.8) is 0 Å². The summed E-state index contributed by atoms with van der Waals surface area (Å²) in [7, 11) is 0. The zero-order valence-corrected chi connectivity index (χ0v) is 37.4. The van der Waals surface area contributed by atoms with E-state index in [0.29, 0.717) is 0 Å². The summed E-state index contributed by atoms with van der Waals surface area (Å²) in [5.74, 6) is 0. The smallest absolute Gasteiger partial charge is 0.253 e. The van der Waals surface area contributed by atoms with E-state index in [1.54, 1.807) is 22.7 Å². The lowest BCUT2D eigenvalue weighted by molar-refractivity contribution is 0.255. The lowest BCUT2D eigenvalue weighted by Crippen LogP contribution is -2.64. The van der Waals surface area contributed by atoms with E-state index in [2.05, 4.69) is 195 Å². The first kappa shape index (κ1) is 35.8. The second kappa shape index (κ2) is 11.9. The molecule has 2 amide bonds. The van der Waals surface area contributed by atoms with Crippen molar-refractivity contribution in [3.8, 4) is 22.3 Å². The van der Waals surface area contributed by atoms with Gasteiger partial charge in [0.2, 0.25) is 13.4 Å². The van der Waals surface area contributed by atoms with Crippen LogP contribution in [-0.4, -0.2) is 19.5 Å². The van der Waals surface area contributed by atoms with E-state index in [1.165, 1.54) is 97.5 Å². The molecule has 0 saturated heterocycles. The van der Waals surface area contributed by atoms with Crippen LogP contribution in [0.25, 0.3) is 53.2 Å². The maximum Gasteiger partial charge on any atom is 0.339 e. The molecule has 8 aromatic carbocycles. The second-order valence-corrected chi connectivity index (χ2v) is 21.5. The average molecular weight is 853 g/mol. The first-order chi connectivity index (χ1) is 31.2. The van der Waals surface area contributed by atoms with Crippen molar-refractivity contribution in [1.29, 1.82) is 0 Å². The average Bonchev–Trinajstić information content (AvgIpc) is 4.03. The van der Waals surface area contributed by atoms with Gasteiger partial charge in [-0.2, -0.15) is 0 Å². The molecular formula is C57H38B2N2OS2. The number of carbonyl (C=O) groups excluding carboxylic acids is 1. The molecule has 5 aliphatic rings. The number of hydrogen-bond acceptors (Lipinski definition) is 3. The SMILES string of the molecule is CC1(C)c2ccccc2-c2c(B3c4ccc5ccc6c7c5c4N(C(=O)N7c4sc5ccccc5c4B6c4cccc5c4-c4ccccc4C5(C)C)c4sc5ccccc5c43)cccc21. The van der Waals surface area contributed by atoms with Crippen LogP contribution in [0.2, 0.25) is 0 Å². The highest BCUT2D eigenvalue weighted by atomic mass is 32.1. The molecule has 0 radical (unpaired) electrons. The molecule has 15 rings (SSSR count). The molecule has 5 heterocycles. The first-order valence-corrected chi connectivity index (χ1v) is 24.1. The molecule has 2 aliphatic carbocycles. The zero-order valence-electron chi connectivity index (χ0n) is 35.8. The van der Waals surface area contributed by atoms with Crippen LogP contribution in [0.5, 0.6) is 0 Å². The standard InChI is InChI=1S/C57H38B2N2OS2/c1-56(2)36-19-9-5-15-32(36)47-38(56)21-13-23-40(47)58-42-29-27-31-28-30-43-52-46(31)51(42)60(53-49(58)34-17-7-11-25-44(34)63-53)55(62)61(52)54-50(35-18-8-12-26-45(35)64-54)59(43)41-24-14-22-39-48(41)33-16-6-10-20-37(33)57(39,3)4/h5-30H,1-4H3. The molecule has 2 aromatic heterocycles. The molecule has 10 aromatic rings. The topological polar surface area (TPSA) is 23.6 Å². The fraction of sp³-hybridized carbons (Fsp3) is 0.105. The summed E-state index contributed by atoms with van der Waals surface area (Å²) < 4.78 is 2.40. The lowest BCUT2D eigenvalue weighted by atomic mass is 9.33. The molecule has 0 bridgehead atoms. The second-order valence-electron chi connectivity index (χ2n) is 19.4. The first-order valence-electron chi connectivity index (χ1n) is 22.5. The van der Waals surface area contributed by atoms with E-state index in [0.717, 1.165) is 32.1 Å². The van der Waals surface area contributed by atoms with Crippen LogP contribution in [0.1, 0.15) is 49.9 Å². The van der Waals surface area contributed by atoms with E-state index in [4.69, 9.17) is 0 Å². The van der Waals surface area contributed by atoms with E-state index in [-0.39, 0.29) is 30.3 Å². The van der Waals surface area contributed by atoms with Crippen LogP contribution in [0.4, 0.5) is 26.2 Å². The summed E-state index contributed by atoms with van der Waals surface area (Å²) in [6.45, 7) is 9.29. The van der Waals surface area contributed by atoms with Gasteiger partial charge in [0, 0.05) is 25.6 Å².